The quantitative estimate of drug-likeness (QED) is 0.419. The molecule has 0 heterocycles. The van der Waals surface area contributed by atoms with E-state index in [-0.39, 0.29) is 15.6 Å². The highest BCUT2D eigenvalue weighted by Crippen LogP contribution is 2.16. The van der Waals surface area contributed by atoms with Crippen molar-refractivity contribution in [2.24, 2.45) is 0 Å². The second kappa shape index (κ2) is 5.98. The van der Waals surface area contributed by atoms with Crippen LogP contribution >= 0.6 is 0 Å². The summed E-state index contributed by atoms with van der Waals surface area (Å²) in [6.07, 6.45) is -3.80. The van der Waals surface area contributed by atoms with Gasteiger partial charge in [-0.2, -0.15) is 0 Å². The molecule has 0 bridgehead atoms. The minimum absolute atomic E-state index is 0.111. The Labute approximate surface area is 71.3 Å². The number of hydrogen-bond donors (Lipinski definition) is 0. The standard InChI is InChI=1S/C4H13F3OSi3/c5-4(6,7)8-2-1-3-10-11-9/h1-3,10-11H2,9H3. The Morgan fingerprint density at radius 2 is 2.00 bits per heavy atom. The van der Waals surface area contributed by atoms with Crippen molar-refractivity contribution < 1.29 is 17.9 Å². The number of rotatable bonds is 5. The number of alkyl halides is 3. The molecule has 0 rings (SSSR count). The molecule has 0 atom stereocenters. The minimum Gasteiger partial charge on any atom is -0.292 e. The van der Waals surface area contributed by atoms with E-state index in [2.05, 4.69) is 4.74 Å². The van der Waals surface area contributed by atoms with Gasteiger partial charge in [-0.3, -0.25) is 4.74 Å². The predicted octanol–water partition coefficient (Wildman–Crippen LogP) is -1.14. The van der Waals surface area contributed by atoms with Crippen LogP contribution in [0, 0.1) is 0 Å². The lowest BCUT2D eigenvalue weighted by atomic mass is 10.5. The van der Waals surface area contributed by atoms with Crippen molar-refractivity contribution in [3.05, 3.63) is 0 Å². The second-order valence-corrected chi connectivity index (χ2v) is 18.9. The highest BCUT2D eigenvalue weighted by atomic mass is 29.5. The van der Waals surface area contributed by atoms with Crippen molar-refractivity contribution in [2.45, 2.75) is 18.8 Å². The fourth-order valence-electron chi connectivity index (χ4n) is 0.717. The van der Waals surface area contributed by atoms with Gasteiger partial charge in [-0.15, -0.1) is 13.2 Å². The first-order valence-electron chi connectivity index (χ1n) is 3.77. The van der Waals surface area contributed by atoms with Crippen LogP contribution in [0.4, 0.5) is 13.2 Å². The summed E-state index contributed by atoms with van der Waals surface area (Å²) in [4.78, 5) is 0. The van der Waals surface area contributed by atoms with E-state index in [9.17, 15) is 13.2 Å². The van der Waals surface area contributed by atoms with Gasteiger partial charge in [0.25, 0.3) is 0 Å². The molecule has 7 heteroatoms. The third kappa shape index (κ3) is 10.4. The van der Waals surface area contributed by atoms with E-state index in [4.69, 9.17) is 0 Å². The molecule has 0 amide bonds. The Hall–Kier alpha value is 0.401. The predicted molar refractivity (Wildman–Crippen MR) is 48.5 cm³/mol. The molecular weight excluding hydrogens is 205 g/mol. The molecule has 0 aromatic heterocycles. The maximum absolute atomic E-state index is 11.4. The Kier molecular flexibility index (Phi) is 6.19. The van der Waals surface area contributed by atoms with Gasteiger partial charge in [-0.05, 0) is 24.7 Å². The fraction of sp³-hybridized carbons (Fsp3) is 1.00. The van der Waals surface area contributed by atoms with Crippen LogP contribution in [0.2, 0.25) is 6.04 Å². The van der Waals surface area contributed by atoms with Gasteiger partial charge in [-0.25, -0.2) is 0 Å². The molecule has 0 aromatic carbocycles. The van der Waals surface area contributed by atoms with Crippen LogP contribution in [0.3, 0.4) is 0 Å². The van der Waals surface area contributed by atoms with Gasteiger partial charge in [0.1, 0.15) is 0 Å². The maximum Gasteiger partial charge on any atom is 0.522 e. The van der Waals surface area contributed by atoms with Crippen LogP contribution in [0.15, 0.2) is 0 Å². The van der Waals surface area contributed by atoms with Crippen LogP contribution < -0.4 is 0 Å². The first-order chi connectivity index (χ1) is 5.06. The van der Waals surface area contributed by atoms with E-state index >= 15 is 0 Å². The van der Waals surface area contributed by atoms with E-state index < -0.39 is 6.36 Å². The van der Waals surface area contributed by atoms with Crippen molar-refractivity contribution >= 4 is 27.4 Å². The molecule has 0 unspecified atom stereocenters. The van der Waals surface area contributed by atoms with E-state index in [1.165, 1.54) is 9.76 Å². The minimum atomic E-state index is -4.42. The second-order valence-electron chi connectivity index (χ2n) is 2.35. The van der Waals surface area contributed by atoms with Crippen molar-refractivity contribution in [1.29, 1.82) is 0 Å². The van der Waals surface area contributed by atoms with Crippen molar-refractivity contribution in [3.63, 3.8) is 0 Å². The summed E-state index contributed by atoms with van der Waals surface area (Å²) in [5.41, 5.74) is 0. The molecule has 0 aromatic rings. The molecule has 11 heavy (non-hydrogen) atoms. The average Bonchev–Trinajstić information content (AvgIpc) is 1.85. The summed E-state index contributed by atoms with van der Waals surface area (Å²) >= 11 is 0. The third-order valence-electron chi connectivity index (χ3n) is 1.26. The normalized spacial score (nSPS) is 14.5. The summed E-state index contributed by atoms with van der Waals surface area (Å²) < 4.78 is 37.7. The van der Waals surface area contributed by atoms with E-state index in [1.807, 2.05) is 0 Å². The van der Waals surface area contributed by atoms with Crippen LogP contribution in [0.25, 0.3) is 0 Å². The number of hydrogen-bond acceptors (Lipinski definition) is 1. The topological polar surface area (TPSA) is 9.23 Å². The summed E-state index contributed by atoms with van der Waals surface area (Å²) in [5, 5.41) is 0. The zero-order valence-electron chi connectivity index (χ0n) is 6.58. The van der Waals surface area contributed by atoms with E-state index in [1.54, 1.807) is 0 Å². The van der Waals surface area contributed by atoms with Gasteiger partial charge < -0.3 is 0 Å². The maximum atomic E-state index is 11.4. The largest absolute Gasteiger partial charge is 0.522 e. The van der Waals surface area contributed by atoms with E-state index in [0.717, 1.165) is 6.04 Å². The first-order valence-corrected chi connectivity index (χ1v) is 14.4. The molecule has 0 fully saturated rings. The SMILES string of the molecule is FC(F)(F)OCCC[SiH2][SiH2][SiH3]. The lowest BCUT2D eigenvalue weighted by Gasteiger charge is -2.05. The third-order valence-corrected chi connectivity index (χ3v) is 13.0. The van der Waals surface area contributed by atoms with Gasteiger partial charge in [0.05, 0.1) is 6.61 Å². The number of halogens is 3. The van der Waals surface area contributed by atoms with Gasteiger partial charge in [-0.1, -0.05) is 6.04 Å². The van der Waals surface area contributed by atoms with Gasteiger partial charge in [0, 0.05) is 9.04 Å². The molecule has 0 aliphatic rings. The Balaban J connectivity index is 3.02. The molecule has 68 valence electrons. The van der Waals surface area contributed by atoms with Crippen LogP contribution in [-0.2, 0) is 4.74 Å². The molecule has 0 saturated carbocycles. The molecular formula is C4H13F3OSi3. The highest BCUT2D eigenvalue weighted by Gasteiger charge is 2.28. The fourth-order valence-corrected chi connectivity index (χ4v) is 8.84. The van der Waals surface area contributed by atoms with Crippen LogP contribution in [-0.4, -0.2) is 40.3 Å². The van der Waals surface area contributed by atoms with Crippen molar-refractivity contribution in [3.8, 4) is 0 Å². The van der Waals surface area contributed by atoms with E-state index in [0.29, 0.717) is 15.0 Å². The van der Waals surface area contributed by atoms with Crippen LogP contribution in [0.5, 0.6) is 0 Å². The summed E-state index contributed by atoms with van der Waals surface area (Å²) in [6.45, 7) is -0.132. The zero-order chi connectivity index (χ0) is 8.74. The summed E-state index contributed by atoms with van der Waals surface area (Å²) in [6, 6.07) is 1.05. The Bertz CT molecular complexity index is 97.1. The van der Waals surface area contributed by atoms with Crippen molar-refractivity contribution in [1.82, 2.24) is 0 Å². The van der Waals surface area contributed by atoms with Gasteiger partial charge >= 0.3 is 6.36 Å². The molecule has 0 radical (unpaired) electrons. The monoisotopic (exact) mass is 218 g/mol. The number of ether oxygens (including phenoxy) is 1. The zero-order valence-corrected chi connectivity index (χ0v) is 11.4. The summed E-state index contributed by atoms with van der Waals surface area (Å²) in [5.74, 6) is 0. The molecule has 1 nitrogen and oxygen atoms in total. The molecule has 0 spiro atoms. The molecule has 0 aliphatic heterocycles. The summed E-state index contributed by atoms with van der Waals surface area (Å²) in [7, 11) is 1.74. The Morgan fingerprint density at radius 3 is 2.45 bits per heavy atom. The smallest absolute Gasteiger partial charge is 0.292 e. The van der Waals surface area contributed by atoms with Gasteiger partial charge in [0.15, 0.2) is 0 Å². The lowest BCUT2D eigenvalue weighted by molar-refractivity contribution is -0.324. The van der Waals surface area contributed by atoms with Crippen LogP contribution in [0.1, 0.15) is 6.42 Å². The lowest BCUT2D eigenvalue weighted by Crippen LogP contribution is -2.14. The Morgan fingerprint density at radius 1 is 1.36 bits per heavy atom. The molecule has 0 aliphatic carbocycles. The molecule has 0 N–H and O–H groups in total. The first kappa shape index (κ1) is 11.4. The van der Waals surface area contributed by atoms with Crippen molar-refractivity contribution in [2.75, 3.05) is 6.61 Å². The molecule has 0 saturated heterocycles. The highest BCUT2D eigenvalue weighted by molar-refractivity contribution is 7.23. The average molecular weight is 218 g/mol. The van der Waals surface area contributed by atoms with Gasteiger partial charge in [0.2, 0.25) is 0 Å².